The maximum atomic E-state index is 13.6. The van der Waals surface area contributed by atoms with Gasteiger partial charge in [-0.2, -0.15) is 0 Å². The lowest BCUT2D eigenvalue weighted by molar-refractivity contribution is 0.0525. The number of halogens is 1. The number of pyridine rings is 1. The van der Waals surface area contributed by atoms with Crippen molar-refractivity contribution in [1.82, 2.24) is 10.3 Å². The van der Waals surface area contributed by atoms with E-state index < -0.39 is 5.97 Å². The van der Waals surface area contributed by atoms with Gasteiger partial charge in [-0.15, -0.1) is 0 Å². The number of Topliss-reactive ketones (excluding diaryl/α,β-unsaturated/α-hetero) is 1. The average molecular weight is 571 g/mol. The Balaban J connectivity index is 1.81. The zero-order chi connectivity index (χ0) is 30.4. The van der Waals surface area contributed by atoms with Gasteiger partial charge in [-0.05, 0) is 67.0 Å². The summed E-state index contributed by atoms with van der Waals surface area (Å²) >= 11 is 0. The average Bonchev–Trinajstić information content (AvgIpc) is 2.94. The molecule has 0 radical (unpaired) electrons. The fraction of sp³-hybridized carbons (Fsp3) is 0.294. The van der Waals surface area contributed by atoms with Gasteiger partial charge in [0.2, 0.25) is 0 Å². The van der Waals surface area contributed by atoms with E-state index in [0.29, 0.717) is 65.1 Å². The quantitative estimate of drug-likeness (QED) is 0.212. The molecule has 0 saturated heterocycles. The summed E-state index contributed by atoms with van der Waals surface area (Å²) < 4.78 is 24.0. The fourth-order valence-corrected chi connectivity index (χ4v) is 5.19. The van der Waals surface area contributed by atoms with Crippen LogP contribution in [0.4, 0.5) is 4.39 Å². The molecule has 7 nitrogen and oxygen atoms in total. The van der Waals surface area contributed by atoms with Crippen LogP contribution in [0.5, 0.6) is 0 Å². The molecule has 1 aliphatic rings. The number of fused-ring (bicyclic) bond motifs is 1. The van der Waals surface area contributed by atoms with Crippen molar-refractivity contribution in [3.63, 3.8) is 0 Å². The third kappa shape index (κ3) is 7.00. The van der Waals surface area contributed by atoms with Gasteiger partial charge in [0.05, 0.1) is 36.4 Å². The molecule has 8 heteroatoms. The molecule has 1 aliphatic carbocycles. The van der Waals surface area contributed by atoms with Crippen LogP contribution in [0.15, 0.2) is 73.7 Å². The summed E-state index contributed by atoms with van der Waals surface area (Å²) in [6, 6.07) is 12.9. The molecule has 0 atom stereocenters. The van der Waals surface area contributed by atoms with Crippen molar-refractivity contribution in [2.24, 2.45) is 5.41 Å². The summed E-state index contributed by atoms with van der Waals surface area (Å²) in [7, 11) is 0. The second-order valence-corrected chi connectivity index (χ2v) is 11.0. The number of nitrogens with one attached hydrogen (secondary N) is 1. The monoisotopic (exact) mass is 570 g/mol. The molecule has 1 aromatic heterocycles. The molecule has 3 aromatic rings. The second kappa shape index (κ2) is 12.9. The first-order valence-corrected chi connectivity index (χ1v) is 13.9. The number of hydrogen-bond acceptors (Lipinski definition) is 6. The van der Waals surface area contributed by atoms with Crippen molar-refractivity contribution in [1.29, 1.82) is 0 Å². The summed E-state index contributed by atoms with van der Waals surface area (Å²) in [4.78, 5) is 44.7. The van der Waals surface area contributed by atoms with Crippen LogP contribution in [-0.2, 0) is 28.7 Å². The Morgan fingerprint density at radius 1 is 1.05 bits per heavy atom. The van der Waals surface area contributed by atoms with Crippen LogP contribution in [-0.4, -0.2) is 35.8 Å². The lowest BCUT2D eigenvalue weighted by Gasteiger charge is -2.32. The number of hydrogen-bond donors (Lipinski definition) is 1. The molecular formula is C34H35FN2O5. The predicted octanol–water partition coefficient (Wildman–Crippen LogP) is 6.41. The van der Waals surface area contributed by atoms with Crippen LogP contribution in [0.1, 0.15) is 75.2 Å². The number of rotatable bonds is 11. The minimum absolute atomic E-state index is 0.0954. The molecule has 218 valence electrons. The van der Waals surface area contributed by atoms with Crippen molar-refractivity contribution >= 4 is 17.7 Å². The SMILES string of the molecule is C=COC(=C)CNC(=O)c1ccc(-c2c3c(nc(CCc4ccc(F)cc4)c2C(=O)OCC)CC(C)(C)CC3=O)cc1. The maximum Gasteiger partial charge on any atom is 0.340 e. The molecular weight excluding hydrogens is 535 g/mol. The second-order valence-electron chi connectivity index (χ2n) is 11.0. The standard InChI is InChI=1S/C34H35FN2O5/c1-6-41-21(3)20-36-32(39)24-13-11-23(12-14-24)29-30-27(18-34(4,5)19-28(30)38)37-26(31(29)33(40)42-7-2)17-10-22-8-15-25(35)16-9-22/h6,8-9,11-16H,1,3,7,10,17-20H2,2,4-5H3,(H,36,39). The number of carbonyl (C=O) groups excluding carboxylic acids is 3. The van der Waals surface area contributed by atoms with Gasteiger partial charge >= 0.3 is 5.97 Å². The lowest BCUT2D eigenvalue weighted by atomic mass is 9.73. The maximum absolute atomic E-state index is 13.6. The first-order valence-electron chi connectivity index (χ1n) is 13.9. The summed E-state index contributed by atoms with van der Waals surface area (Å²) in [6.45, 7) is 13.2. The number of aryl methyl sites for hydroxylation is 2. The molecule has 0 bridgehead atoms. The van der Waals surface area contributed by atoms with Crippen molar-refractivity contribution in [2.45, 2.75) is 46.5 Å². The van der Waals surface area contributed by atoms with E-state index in [2.05, 4.69) is 18.5 Å². The lowest BCUT2D eigenvalue weighted by Crippen LogP contribution is -2.30. The minimum atomic E-state index is -0.572. The molecule has 42 heavy (non-hydrogen) atoms. The zero-order valence-electron chi connectivity index (χ0n) is 24.2. The van der Waals surface area contributed by atoms with Crippen molar-refractivity contribution < 1.29 is 28.2 Å². The van der Waals surface area contributed by atoms with E-state index in [1.54, 1.807) is 43.3 Å². The summed E-state index contributed by atoms with van der Waals surface area (Å²) in [5.41, 5.74) is 3.84. The van der Waals surface area contributed by atoms with E-state index in [9.17, 15) is 18.8 Å². The number of amides is 1. The number of benzene rings is 2. The Labute approximate surface area is 245 Å². The molecule has 1 N–H and O–H groups in total. The van der Waals surface area contributed by atoms with Crippen LogP contribution in [0.25, 0.3) is 11.1 Å². The normalized spacial score (nSPS) is 13.6. The topological polar surface area (TPSA) is 94.6 Å². The third-order valence-corrected chi connectivity index (χ3v) is 7.09. The molecule has 0 spiro atoms. The summed E-state index contributed by atoms with van der Waals surface area (Å²) in [5.74, 6) is -0.991. The highest BCUT2D eigenvalue weighted by molar-refractivity contribution is 6.10. The number of nitrogens with zero attached hydrogens (tertiary/aromatic N) is 1. The van der Waals surface area contributed by atoms with Crippen LogP contribution in [0.2, 0.25) is 0 Å². The smallest absolute Gasteiger partial charge is 0.340 e. The van der Waals surface area contributed by atoms with Crippen molar-refractivity contribution in [3.05, 3.63) is 113 Å². The molecule has 0 fully saturated rings. The first kappa shape index (κ1) is 30.4. The van der Waals surface area contributed by atoms with E-state index in [1.807, 2.05) is 13.8 Å². The number of carbonyl (C=O) groups is 3. The Morgan fingerprint density at radius 3 is 2.38 bits per heavy atom. The van der Waals surface area contributed by atoms with Gasteiger partial charge in [0.25, 0.3) is 5.91 Å². The van der Waals surface area contributed by atoms with Gasteiger partial charge in [-0.3, -0.25) is 14.6 Å². The van der Waals surface area contributed by atoms with Gasteiger partial charge < -0.3 is 14.8 Å². The molecule has 0 aliphatic heterocycles. The first-order chi connectivity index (χ1) is 20.0. The zero-order valence-corrected chi connectivity index (χ0v) is 24.2. The minimum Gasteiger partial charge on any atom is -0.469 e. The van der Waals surface area contributed by atoms with E-state index >= 15 is 0 Å². The van der Waals surface area contributed by atoms with Gasteiger partial charge in [-0.25, -0.2) is 9.18 Å². The van der Waals surface area contributed by atoms with Crippen LogP contribution < -0.4 is 5.32 Å². The molecule has 0 saturated carbocycles. The van der Waals surface area contributed by atoms with E-state index in [4.69, 9.17) is 14.5 Å². The number of ketones is 1. The highest BCUT2D eigenvalue weighted by Gasteiger charge is 2.37. The number of ether oxygens (including phenoxy) is 2. The summed E-state index contributed by atoms with van der Waals surface area (Å²) in [6.07, 6.45) is 2.99. The Kier molecular flexibility index (Phi) is 9.35. The van der Waals surface area contributed by atoms with Gasteiger partial charge in [0.15, 0.2) is 5.78 Å². The molecule has 2 aromatic carbocycles. The molecule has 1 heterocycles. The largest absolute Gasteiger partial charge is 0.469 e. The highest BCUT2D eigenvalue weighted by atomic mass is 19.1. The molecule has 0 unspecified atom stereocenters. The van der Waals surface area contributed by atoms with Gasteiger partial charge in [-0.1, -0.05) is 51.3 Å². The number of aromatic nitrogens is 1. The Bertz CT molecular complexity index is 1520. The number of esters is 1. The Hall–Kier alpha value is -4.59. The fourth-order valence-electron chi connectivity index (χ4n) is 5.19. The van der Waals surface area contributed by atoms with Crippen molar-refractivity contribution in [2.75, 3.05) is 13.2 Å². The van der Waals surface area contributed by atoms with E-state index in [0.717, 1.165) is 5.56 Å². The third-order valence-electron chi connectivity index (χ3n) is 7.09. The van der Waals surface area contributed by atoms with E-state index in [1.165, 1.54) is 18.4 Å². The Morgan fingerprint density at radius 2 is 1.74 bits per heavy atom. The molecule has 4 rings (SSSR count). The van der Waals surface area contributed by atoms with Gasteiger partial charge in [0, 0.05) is 23.1 Å². The van der Waals surface area contributed by atoms with Gasteiger partial charge in [0.1, 0.15) is 11.6 Å². The molecule has 1 amide bonds. The van der Waals surface area contributed by atoms with Crippen LogP contribution in [0.3, 0.4) is 0 Å². The predicted molar refractivity (Wildman–Crippen MR) is 159 cm³/mol. The summed E-state index contributed by atoms with van der Waals surface area (Å²) in [5, 5.41) is 2.73. The van der Waals surface area contributed by atoms with Crippen molar-refractivity contribution in [3.8, 4) is 11.1 Å². The van der Waals surface area contributed by atoms with E-state index in [-0.39, 0.29) is 41.6 Å². The van der Waals surface area contributed by atoms with Crippen LogP contribution in [0, 0.1) is 11.2 Å². The van der Waals surface area contributed by atoms with Crippen LogP contribution >= 0.6 is 0 Å². The highest BCUT2D eigenvalue weighted by Crippen LogP contribution is 2.41.